The Morgan fingerprint density at radius 3 is 2.51 bits per heavy atom. The summed E-state index contributed by atoms with van der Waals surface area (Å²) < 4.78 is 6.44. The van der Waals surface area contributed by atoms with Crippen LogP contribution in [0.5, 0.6) is 5.75 Å². The van der Waals surface area contributed by atoms with E-state index in [1.807, 2.05) is 62.8 Å². The lowest BCUT2D eigenvalue weighted by atomic mass is 9.89. The maximum atomic E-state index is 6.44. The molecule has 188 valence electrons. The van der Waals surface area contributed by atoms with E-state index in [1.54, 1.807) is 0 Å². The van der Waals surface area contributed by atoms with Gasteiger partial charge in [-0.25, -0.2) is 0 Å². The van der Waals surface area contributed by atoms with E-state index in [0.29, 0.717) is 11.5 Å². The number of rotatable bonds is 8. The number of nitrogens with zero attached hydrogens (tertiary/aromatic N) is 2. The summed E-state index contributed by atoms with van der Waals surface area (Å²) in [6, 6.07) is 12.4. The summed E-state index contributed by atoms with van der Waals surface area (Å²) in [7, 11) is 0. The van der Waals surface area contributed by atoms with E-state index in [9.17, 15) is 0 Å². The Balaban J connectivity index is 1.76. The number of fused-ring (bicyclic) bond motifs is 5. The number of nitrogens with one attached hydrogen (secondary N) is 1. The minimum Gasteiger partial charge on any atom is -0.454 e. The molecule has 4 nitrogen and oxygen atoms in total. The SMILES string of the molecule is C=CN(/C=C\C)CCCNC1=CC=C2C(=C)C(C(=C)C)=CN(C2=C)c2cc3ccccc3cc2OC1=C. The summed E-state index contributed by atoms with van der Waals surface area (Å²) in [6.07, 6.45) is 12.8. The molecule has 0 radical (unpaired) electrons. The third kappa shape index (κ3) is 5.39. The largest absolute Gasteiger partial charge is 0.454 e. The molecule has 2 aromatic rings. The lowest BCUT2D eigenvalue weighted by Crippen LogP contribution is -2.25. The minimum absolute atomic E-state index is 0.545. The van der Waals surface area contributed by atoms with Crippen molar-refractivity contribution in [3.8, 4) is 5.75 Å². The number of hydrogen-bond donors (Lipinski definition) is 1. The fourth-order valence-electron chi connectivity index (χ4n) is 4.50. The van der Waals surface area contributed by atoms with Gasteiger partial charge in [0, 0.05) is 36.1 Å². The van der Waals surface area contributed by atoms with E-state index in [1.165, 1.54) is 0 Å². The average Bonchev–Trinajstić information content (AvgIpc) is 2.88. The second-order valence-corrected chi connectivity index (χ2v) is 9.15. The fraction of sp³-hybridized carbons (Fsp3) is 0.152. The summed E-state index contributed by atoms with van der Waals surface area (Å²) in [5, 5.41) is 5.72. The van der Waals surface area contributed by atoms with Crippen molar-refractivity contribution in [3.63, 3.8) is 0 Å². The molecule has 4 heteroatoms. The van der Waals surface area contributed by atoms with Gasteiger partial charge in [-0.2, -0.15) is 0 Å². The Morgan fingerprint density at radius 1 is 1.11 bits per heavy atom. The first-order valence-electron chi connectivity index (χ1n) is 12.5. The van der Waals surface area contributed by atoms with Crippen molar-refractivity contribution in [3.05, 3.63) is 146 Å². The third-order valence-corrected chi connectivity index (χ3v) is 6.49. The van der Waals surface area contributed by atoms with Crippen LogP contribution in [0.4, 0.5) is 5.69 Å². The monoisotopic (exact) mass is 489 g/mol. The Kier molecular flexibility index (Phi) is 7.69. The van der Waals surface area contributed by atoms with Crippen LogP contribution in [-0.2, 0) is 0 Å². The first-order chi connectivity index (χ1) is 17.8. The fourth-order valence-corrected chi connectivity index (χ4v) is 4.50. The maximum absolute atomic E-state index is 6.44. The van der Waals surface area contributed by atoms with Crippen molar-refractivity contribution in [2.24, 2.45) is 0 Å². The molecule has 0 saturated carbocycles. The summed E-state index contributed by atoms with van der Waals surface area (Å²) in [5.41, 5.74) is 6.28. The van der Waals surface area contributed by atoms with E-state index in [4.69, 9.17) is 4.74 Å². The molecule has 1 N–H and O–H groups in total. The molecule has 0 unspecified atom stereocenters. The summed E-state index contributed by atoms with van der Waals surface area (Å²) >= 11 is 0. The summed E-state index contributed by atoms with van der Waals surface area (Å²) in [6.45, 7) is 26.7. The molecule has 0 aromatic heterocycles. The van der Waals surface area contributed by atoms with Gasteiger partial charge in [-0.1, -0.05) is 69.3 Å². The predicted octanol–water partition coefficient (Wildman–Crippen LogP) is 7.86. The highest BCUT2D eigenvalue weighted by Crippen LogP contribution is 2.43. The molecule has 37 heavy (non-hydrogen) atoms. The van der Waals surface area contributed by atoms with Crippen molar-refractivity contribution in [1.29, 1.82) is 0 Å². The van der Waals surface area contributed by atoms with E-state index < -0.39 is 0 Å². The smallest absolute Gasteiger partial charge is 0.152 e. The normalized spacial score (nSPS) is 15.5. The highest BCUT2D eigenvalue weighted by Gasteiger charge is 2.27. The molecule has 2 heterocycles. The Labute approximate surface area is 220 Å². The van der Waals surface area contributed by atoms with E-state index in [2.05, 4.69) is 72.3 Å². The van der Waals surface area contributed by atoms with E-state index in [0.717, 1.165) is 69.7 Å². The van der Waals surface area contributed by atoms with Crippen molar-refractivity contribution in [1.82, 2.24) is 10.2 Å². The minimum atomic E-state index is 0.545. The molecule has 0 spiro atoms. The Bertz CT molecular complexity index is 1420. The van der Waals surface area contributed by atoms with Crippen LogP contribution in [0.3, 0.4) is 0 Å². The Morgan fingerprint density at radius 2 is 1.84 bits per heavy atom. The molecular formula is C33H35N3O. The van der Waals surface area contributed by atoms with Crippen LogP contribution in [-0.4, -0.2) is 18.0 Å². The van der Waals surface area contributed by atoms with Crippen LogP contribution >= 0.6 is 0 Å². The second kappa shape index (κ2) is 11.1. The molecule has 2 bridgehead atoms. The summed E-state index contributed by atoms with van der Waals surface area (Å²) in [5.74, 6) is 1.25. The van der Waals surface area contributed by atoms with Crippen LogP contribution in [0.15, 0.2) is 146 Å². The first-order valence-corrected chi connectivity index (χ1v) is 12.5. The van der Waals surface area contributed by atoms with Crippen LogP contribution < -0.4 is 15.0 Å². The van der Waals surface area contributed by atoms with Gasteiger partial charge in [0.2, 0.25) is 0 Å². The zero-order valence-electron chi connectivity index (χ0n) is 21.9. The lowest BCUT2D eigenvalue weighted by molar-refractivity contribution is 0.426. The van der Waals surface area contributed by atoms with Gasteiger partial charge in [0.05, 0.1) is 11.4 Å². The van der Waals surface area contributed by atoms with Gasteiger partial charge in [-0.15, -0.1) is 0 Å². The number of anilines is 1. The van der Waals surface area contributed by atoms with Crippen molar-refractivity contribution < 1.29 is 4.74 Å². The molecule has 2 aromatic carbocycles. The highest BCUT2D eigenvalue weighted by atomic mass is 16.5. The standard InChI is InChI=1S/C33H35N3O/c1-8-18-35(9-2)19-12-17-34-31-16-15-29-24(5)30(23(3)4)22-36(25(29)6)32-20-27-13-10-11-14-28(27)21-33(32)37-26(31)7/h8-11,13-16,18,20-22,34H,2-3,5-7,12,17,19H2,1,4H3/b18-8-,29-15?,31-16?. The zero-order valence-corrected chi connectivity index (χ0v) is 21.9. The molecule has 2 aliphatic rings. The average molecular weight is 490 g/mol. The lowest BCUT2D eigenvalue weighted by Gasteiger charge is -2.34. The van der Waals surface area contributed by atoms with E-state index in [-0.39, 0.29) is 0 Å². The molecule has 0 atom stereocenters. The molecule has 0 amide bonds. The maximum Gasteiger partial charge on any atom is 0.152 e. The van der Waals surface area contributed by atoms with Gasteiger partial charge in [0.15, 0.2) is 5.75 Å². The molecule has 4 rings (SSSR count). The zero-order chi connectivity index (χ0) is 26.5. The van der Waals surface area contributed by atoms with Crippen LogP contribution in [0.1, 0.15) is 20.3 Å². The highest BCUT2D eigenvalue weighted by molar-refractivity contribution is 5.91. The molecule has 0 fully saturated rings. The topological polar surface area (TPSA) is 27.7 Å². The molecule has 0 aliphatic carbocycles. The molecule has 2 aliphatic heterocycles. The quantitative estimate of drug-likeness (QED) is 0.382. The van der Waals surface area contributed by atoms with Gasteiger partial charge < -0.3 is 19.9 Å². The number of ether oxygens (including phenoxy) is 1. The van der Waals surface area contributed by atoms with Gasteiger partial charge in [-0.3, -0.25) is 0 Å². The predicted molar refractivity (Wildman–Crippen MR) is 158 cm³/mol. The van der Waals surface area contributed by atoms with Gasteiger partial charge >= 0.3 is 0 Å². The van der Waals surface area contributed by atoms with Crippen molar-refractivity contribution >= 4 is 16.5 Å². The van der Waals surface area contributed by atoms with Crippen LogP contribution in [0.25, 0.3) is 10.8 Å². The van der Waals surface area contributed by atoms with Gasteiger partial charge in [-0.05, 0) is 72.8 Å². The molecule has 0 saturated heterocycles. The number of hydrogen-bond acceptors (Lipinski definition) is 4. The van der Waals surface area contributed by atoms with Crippen molar-refractivity contribution in [2.75, 3.05) is 18.0 Å². The number of benzene rings is 2. The third-order valence-electron chi connectivity index (χ3n) is 6.49. The van der Waals surface area contributed by atoms with Crippen molar-refractivity contribution in [2.45, 2.75) is 20.3 Å². The second-order valence-electron chi connectivity index (χ2n) is 9.15. The summed E-state index contributed by atoms with van der Waals surface area (Å²) in [4.78, 5) is 4.13. The van der Waals surface area contributed by atoms with Crippen LogP contribution in [0.2, 0.25) is 0 Å². The van der Waals surface area contributed by atoms with E-state index >= 15 is 0 Å². The van der Waals surface area contributed by atoms with Crippen LogP contribution in [0, 0.1) is 0 Å². The Hall–Kier alpha value is -4.44. The first kappa shape index (κ1) is 25.6. The van der Waals surface area contributed by atoms with Gasteiger partial charge in [0.1, 0.15) is 5.76 Å². The van der Waals surface area contributed by atoms with Gasteiger partial charge in [0.25, 0.3) is 0 Å². The number of allylic oxidation sites excluding steroid dienone is 6. The molecular weight excluding hydrogens is 454 g/mol.